The summed E-state index contributed by atoms with van der Waals surface area (Å²) >= 11 is 6.03. The van der Waals surface area contributed by atoms with E-state index in [4.69, 9.17) is 11.6 Å². The van der Waals surface area contributed by atoms with Crippen molar-refractivity contribution in [1.29, 1.82) is 0 Å². The molecule has 3 nitrogen and oxygen atoms in total. The van der Waals surface area contributed by atoms with Gasteiger partial charge in [-0.2, -0.15) is 5.10 Å². The molecule has 0 fully saturated rings. The maximum Gasteiger partial charge on any atom is 0.0643 e. The highest BCUT2D eigenvalue weighted by Gasteiger charge is 2.15. The SMILES string of the molecule is CCNC(Cc1ccn(C)n1)c1ccc(Cl)cc1C. The third kappa shape index (κ3) is 3.58. The quantitative estimate of drug-likeness (QED) is 0.909. The molecule has 1 atom stereocenters. The van der Waals surface area contributed by atoms with Gasteiger partial charge >= 0.3 is 0 Å². The second-order valence-corrected chi connectivity index (χ2v) is 5.23. The maximum atomic E-state index is 6.03. The van der Waals surface area contributed by atoms with E-state index in [0.29, 0.717) is 0 Å². The molecule has 0 aliphatic carbocycles. The van der Waals surface area contributed by atoms with Crippen molar-refractivity contribution in [1.82, 2.24) is 15.1 Å². The van der Waals surface area contributed by atoms with Crippen molar-refractivity contribution in [2.75, 3.05) is 6.54 Å². The Morgan fingerprint density at radius 1 is 1.37 bits per heavy atom. The van der Waals surface area contributed by atoms with Crippen molar-refractivity contribution >= 4 is 11.6 Å². The zero-order valence-electron chi connectivity index (χ0n) is 11.7. The van der Waals surface area contributed by atoms with Gasteiger partial charge in [0.1, 0.15) is 0 Å². The predicted octanol–water partition coefficient (Wildman–Crippen LogP) is 3.28. The van der Waals surface area contributed by atoms with E-state index in [-0.39, 0.29) is 6.04 Å². The zero-order valence-corrected chi connectivity index (χ0v) is 12.4. The molecule has 4 heteroatoms. The molecule has 0 bridgehead atoms. The lowest BCUT2D eigenvalue weighted by atomic mass is 9.97. The van der Waals surface area contributed by atoms with Crippen LogP contribution in [0, 0.1) is 6.92 Å². The minimum Gasteiger partial charge on any atom is -0.310 e. The number of aromatic nitrogens is 2. The summed E-state index contributed by atoms with van der Waals surface area (Å²) in [6, 6.07) is 8.41. The Bertz CT molecular complexity index is 548. The van der Waals surface area contributed by atoms with Crippen LogP contribution in [0.5, 0.6) is 0 Å². The van der Waals surface area contributed by atoms with Crippen LogP contribution < -0.4 is 5.32 Å². The predicted molar refractivity (Wildman–Crippen MR) is 79.5 cm³/mol. The molecule has 0 saturated carbocycles. The van der Waals surface area contributed by atoms with Gasteiger partial charge in [-0.15, -0.1) is 0 Å². The number of rotatable bonds is 5. The first-order valence-corrected chi connectivity index (χ1v) is 6.96. The van der Waals surface area contributed by atoms with Crippen LogP contribution >= 0.6 is 11.6 Å². The third-order valence-corrected chi connectivity index (χ3v) is 3.47. The standard InChI is InChI=1S/C15H20ClN3/c1-4-17-15(10-13-7-8-19(3)18-13)14-6-5-12(16)9-11(14)2/h5-9,15,17H,4,10H2,1-3H3. The van der Waals surface area contributed by atoms with Gasteiger partial charge in [-0.05, 0) is 42.8 Å². The Hall–Kier alpha value is -1.32. The molecule has 1 N–H and O–H groups in total. The van der Waals surface area contributed by atoms with E-state index in [1.165, 1.54) is 11.1 Å². The number of aryl methyl sites for hydroxylation is 2. The van der Waals surface area contributed by atoms with Crippen molar-refractivity contribution < 1.29 is 0 Å². The van der Waals surface area contributed by atoms with Gasteiger partial charge in [0.15, 0.2) is 0 Å². The number of nitrogens with one attached hydrogen (secondary N) is 1. The molecule has 2 rings (SSSR count). The minimum atomic E-state index is 0.275. The molecule has 0 saturated heterocycles. The number of halogens is 1. The molecule has 19 heavy (non-hydrogen) atoms. The van der Waals surface area contributed by atoms with Gasteiger partial charge < -0.3 is 5.32 Å². The fraction of sp³-hybridized carbons (Fsp3) is 0.400. The molecule has 0 amide bonds. The Morgan fingerprint density at radius 3 is 2.74 bits per heavy atom. The largest absolute Gasteiger partial charge is 0.310 e. The number of nitrogens with zero attached hydrogens (tertiary/aromatic N) is 2. The van der Waals surface area contributed by atoms with Crippen LogP contribution in [-0.2, 0) is 13.5 Å². The molecule has 1 heterocycles. The molecule has 0 spiro atoms. The third-order valence-electron chi connectivity index (χ3n) is 3.24. The van der Waals surface area contributed by atoms with Gasteiger partial charge in [-0.3, -0.25) is 4.68 Å². The van der Waals surface area contributed by atoms with Crippen LogP contribution in [0.3, 0.4) is 0 Å². The molecule has 2 aromatic rings. The lowest BCUT2D eigenvalue weighted by molar-refractivity contribution is 0.537. The number of benzene rings is 1. The van der Waals surface area contributed by atoms with Crippen LogP contribution in [0.4, 0.5) is 0 Å². The average Bonchev–Trinajstić information content (AvgIpc) is 2.74. The first-order valence-electron chi connectivity index (χ1n) is 6.58. The van der Waals surface area contributed by atoms with Crippen molar-refractivity contribution in [3.05, 3.63) is 52.3 Å². The van der Waals surface area contributed by atoms with Gasteiger partial charge in [0.05, 0.1) is 5.69 Å². The van der Waals surface area contributed by atoms with E-state index < -0.39 is 0 Å². The number of hydrogen-bond acceptors (Lipinski definition) is 2. The summed E-state index contributed by atoms with van der Waals surface area (Å²) in [7, 11) is 1.94. The van der Waals surface area contributed by atoms with Crippen molar-refractivity contribution in [3.8, 4) is 0 Å². The number of hydrogen-bond donors (Lipinski definition) is 1. The Kier molecular flexibility index (Phi) is 4.61. The molecule has 0 aliphatic heterocycles. The zero-order chi connectivity index (χ0) is 13.8. The molecule has 0 aliphatic rings. The summed E-state index contributed by atoms with van der Waals surface area (Å²) in [6.07, 6.45) is 2.87. The molecular formula is C15H20ClN3. The molecule has 0 radical (unpaired) electrons. The summed E-state index contributed by atoms with van der Waals surface area (Å²) in [5, 5.41) is 8.77. The van der Waals surface area contributed by atoms with Crippen LogP contribution in [0.2, 0.25) is 5.02 Å². The first-order chi connectivity index (χ1) is 9.10. The van der Waals surface area contributed by atoms with Crippen LogP contribution in [0.15, 0.2) is 30.5 Å². The first kappa shape index (κ1) is 14.1. The van der Waals surface area contributed by atoms with Crippen LogP contribution in [0.25, 0.3) is 0 Å². The lowest BCUT2D eigenvalue weighted by Crippen LogP contribution is -2.24. The summed E-state index contributed by atoms with van der Waals surface area (Å²) in [5.74, 6) is 0. The fourth-order valence-corrected chi connectivity index (χ4v) is 2.58. The van der Waals surface area contributed by atoms with E-state index in [1.54, 1.807) is 0 Å². The van der Waals surface area contributed by atoms with Gasteiger partial charge in [0.2, 0.25) is 0 Å². The van der Waals surface area contributed by atoms with E-state index in [1.807, 2.05) is 30.1 Å². The molecule has 1 aromatic heterocycles. The molecule has 1 unspecified atom stereocenters. The number of likely N-dealkylation sites (N-methyl/N-ethyl adjacent to an activating group) is 1. The van der Waals surface area contributed by atoms with E-state index >= 15 is 0 Å². The van der Waals surface area contributed by atoms with Crippen LogP contribution in [0.1, 0.15) is 29.8 Å². The van der Waals surface area contributed by atoms with Gasteiger partial charge in [0.25, 0.3) is 0 Å². The topological polar surface area (TPSA) is 29.9 Å². The summed E-state index contributed by atoms with van der Waals surface area (Å²) in [6.45, 7) is 5.15. The van der Waals surface area contributed by atoms with E-state index in [2.05, 4.69) is 36.4 Å². The van der Waals surface area contributed by atoms with Crippen molar-refractivity contribution in [3.63, 3.8) is 0 Å². The second kappa shape index (κ2) is 6.22. The van der Waals surface area contributed by atoms with Gasteiger partial charge in [-0.25, -0.2) is 0 Å². The molecule has 102 valence electrons. The van der Waals surface area contributed by atoms with Crippen LogP contribution in [-0.4, -0.2) is 16.3 Å². The highest BCUT2D eigenvalue weighted by Crippen LogP contribution is 2.24. The van der Waals surface area contributed by atoms with Gasteiger partial charge in [-0.1, -0.05) is 24.6 Å². The molecular weight excluding hydrogens is 258 g/mol. The molecule has 1 aromatic carbocycles. The van der Waals surface area contributed by atoms with Gasteiger partial charge in [0, 0.05) is 30.7 Å². The van der Waals surface area contributed by atoms with E-state index in [9.17, 15) is 0 Å². The Balaban J connectivity index is 2.23. The maximum absolute atomic E-state index is 6.03. The average molecular weight is 278 g/mol. The summed E-state index contributed by atoms with van der Waals surface area (Å²) in [5.41, 5.74) is 3.61. The smallest absolute Gasteiger partial charge is 0.0643 e. The van der Waals surface area contributed by atoms with E-state index in [0.717, 1.165) is 23.7 Å². The Morgan fingerprint density at radius 2 is 2.16 bits per heavy atom. The van der Waals surface area contributed by atoms with Crippen molar-refractivity contribution in [2.24, 2.45) is 7.05 Å². The summed E-state index contributed by atoms with van der Waals surface area (Å²) in [4.78, 5) is 0. The Labute approximate surface area is 119 Å². The monoisotopic (exact) mass is 277 g/mol. The minimum absolute atomic E-state index is 0.275. The fourth-order valence-electron chi connectivity index (χ4n) is 2.35. The van der Waals surface area contributed by atoms with Crippen molar-refractivity contribution in [2.45, 2.75) is 26.3 Å². The lowest BCUT2D eigenvalue weighted by Gasteiger charge is -2.19. The highest BCUT2D eigenvalue weighted by molar-refractivity contribution is 6.30. The summed E-state index contributed by atoms with van der Waals surface area (Å²) < 4.78 is 1.84. The normalized spacial score (nSPS) is 12.6. The second-order valence-electron chi connectivity index (χ2n) is 4.80. The highest BCUT2D eigenvalue weighted by atomic mass is 35.5.